The molecule has 0 spiro atoms. The van der Waals surface area contributed by atoms with Crippen LogP contribution in [0.4, 0.5) is 11.4 Å². The van der Waals surface area contributed by atoms with Crippen molar-refractivity contribution < 1.29 is 9.72 Å². The molecule has 0 unspecified atom stereocenters. The van der Waals surface area contributed by atoms with Gasteiger partial charge in [-0.25, -0.2) is 0 Å². The zero-order valence-corrected chi connectivity index (χ0v) is 14.7. The molecular weight excluding hydrogens is 330 g/mol. The molecule has 2 aromatic rings. The molecule has 26 heavy (non-hydrogen) atoms. The van der Waals surface area contributed by atoms with Gasteiger partial charge in [0, 0.05) is 38.3 Å². The highest BCUT2D eigenvalue weighted by Crippen LogP contribution is 2.28. The SMILES string of the molecule is Cc1cccc(/C=C/C(=O)N2CCN(c3ccccc3[N+](=O)[O-])CC2)c1. The van der Waals surface area contributed by atoms with E-state index in [2.05, 4.69) is 0 Å². The molecule has 1 heterocycles. The van der Waals surface area contributed by atoms with Crippen LogP contribution in [0.1, 0.15) is 11.1 Å². The number of nitro groups is 1. The summed E-state index contributed by atoms with van der Waals surface area (Å²) in [4.78, 5) is 26.9. The van der Waals surface area contributed by atoms with Crippen molar-refractivity contribution in [2.24, 2.45) is 0 Å². The van der Waals surface area contributed by atoms with E-state index in [0.717, 1.165) is 11.1 Å². The third-order valence-electron chi connectivity index (χ3n) is 4.47. The summed E-state index contributed by atoms with van der Waals surface area (Å²) in [5.41, 5.74) is 2.86. The molecule has 0 atom stereocenters. The minimum absolute atomic E-state index is 0.0336. The fraction of sp³-hybridized carbons (Fsp3) is 0.250. The standard InChI is InChI=1S/C20H21N3O3/c1-16-5-4-6-17(15-16)9-10-20(24)22-13-11-21(12-14-22)18-7-2-3-8-19(18)23(25)26/h2-10,15H,11-14H2,1H3/b10-9+. The van der Waals surface area contributed by atoms with Gasteiger partial charge in [-0.15, -0.1) is 0 Å². The number of carbonyl (C=O) groups is 1. The first kappa shape index (κ1) is 17.7. The minimum atomic E-state index is -0.364. The summed E-state index contributed by atoms with van der Waals surface area (Å²) in [6.07, 6.45) is 3.42. The average molecular weight is 351 g/mol. The fourth-order valence-electron chi connectivity index (χ4n) is 3.10. The van der Waals surface area contributed by atoms with Crippen LogP contribution in [0.15, 0.2) is 54.6 Å². The van der Waals surface area contributed by atoms with E-state index in [1.54, 1.807) is 29.2 Å². The van der Waals surface area contributed by atoms with Crippen LogP contribution in [-0.2, 0) is 4.79 Å². The van der Waals surface area contributed by atoms with Gasteiger partial charge in [-0.1, -0.05) is 42.0 Å². The van der Waals surface area contributed by atoms with Crippen LogP contribution in [0.25, 0.3) is 6.08 Å². The number of nitro benzene ring substituents is 1. The maximum atomic E-state index is 12.4. The number of rotatable bonds is 4. The minimum Gasteiger partial charge on any atom is -0.362 e. The average Bonchev–Trinajstić information content (AvgIpc) is 2.66. The lowest BCUT2D eigenvalue weighted by atomic mass is 10.1. The largest absolute Gasteiger partial charge is 0.362 e. The highest BCUT2D eigenvalue weighted by atomic mass is 16.6. The van der Waals surface area contributed by atoms with Gasteiger partial charge in [0.25, 0.3) is 5.69 Å². The van der Waals surface area contributed by atoms with E-state index in [-0.39, 0.29) is 16.5 Å². The third kappa shape index (κ3) is 4.08. The molecule has 0 N–H and O–H groups in total. The Morgan fingerprint density at radius 2 is 1.81 bits per heavy atom. The maximum Gasteiger partial charge on any atom is 0.292 e. The number of amides is 1. The van der Waals surface area contributed by atoms with Crippen molar-refractivity contribution in [2.75, 3.05) is 31.1 Å². The van der Waals surface area contributed by atoms with E-state index >= 15 is 0 Å². The lowest BCUT2D eigenvalue weighted by molar-refractivity contribution is -0.384. The third-order valence-corrected chi connectivity index (χ3v) is 4.47. The number of carbonyl (C=O) groups excluding carboxylic acids is 1. The van der Waals surface area contributed by atoms with Crippen LogP contribution in [0.3, 0.4) is 0 Å². The van der Waals surface area contributed by atoms with E-state index in [0.29, 0.717) is 31.9 Å². The van der Waals surface area contributed by atoms with Gasteiger partial charge >= 0.3 is 0 Å². The van der Waals surface area contributed by atoms with Gasteiger partial charge in [0.1, 0.15) is 5.69 Å². The molecule has 1 saturated heterocycles. The van der Waals surface area contributed by atoms with Crippen LogP contribution in [0.2, 0.25) is 0 Å². The quantitative estimate of drug-likeness (QED) is 0.482. The lowest BCUT2D eigenvalue weighted by Crippen LogP contribution is -2.48. The van der Waals surface area contributed by atoms with E-state index < -0.39 is 0 Å². The molecule has 6 nitrogen and oxygen atoms in total. The first-order valence-electron chi connectivity index (χ1n) is 8.56. The van der Waals surface area contributed by atoms with E-state index in [4.69, 9.17) is 0 Å². The number of hydrogen-bond acceptors (Lipinski definition) is 4. The van der Waals surface area contributed by atoms with Crippen LogP contribution in [0, 0.1) is 17.0 Å². The van der Waals surface area contributed by atoms with Gasteiger partial charge in [0.05, 0.1) is 4.92 Å². The fourth-order valence-corrected chi connectivity index (χ4v) is 3.10. The molecule has 0 radical (unpaired) electrons. The first-order chi connectivity index (χ1) is 12.5. The second-order valence-corrected chi connectivity index (χ2v) is 6.31. The molecular formula is C20H21N3O3. The number of nitrogens with zero attached hydrogens (tertiary/aromatic N) is 3. The van der Waals surface area contributed by atoms with Gasteiger partial charge in [-0.3, -0.25) is 14.9 Å². The Morgan fingerprint density at radius 3 is 2.50 bits per heavy atom. The number of aryl methyl sites for hydroxylation is 1. The van der Waals surface area contributed by atoms with Gasteiger partial charge in [0.15, 0.2) is 0 Å². The number of anilines is 1. The maximum absolute atomic E-state index is 12.4. The molecule has 1 aliphatic heterocycles. The monoisotopic (exact) mass is 351 g/mol. The van der Waals surface area contributed by atoms with Crippen molar-refractivity contribution in [1.29, 1.82) is 0 Å². The molecule has 134 valence electrons. The van der Waals surface area contributed by atoms with Gasteiger partial charge < -0.3 is 9.80 Å². The van der Waals surface area contributed by atoms with Gasteiger partial charge in [-0.2, -0.15) is 0 Å². The van der Waals surface area contributed by atoms with Crippen molar-refractivity contribution in [1.82, 2.24) is 4.90 Å². The van der Waals surface area contributed by atoms with Crippen molar-refractivity contribution in [3.63, 3.8) is 0 Å². The predicted octanol–water partition coefficient (Wildman–Crippen LogP) is 3.27. The van der Waals surface area contributed by atoms with E-state index in [9.17, 15) is 14.9 Å². The normalized spacial score (nSPS) is 14.7. The molecule has 0 saturated carbocycles. The summed E-state index contributed by atoms with van der Waals surface area (Å²) in [7, 11) is 0. The number of hydrogen-bond donors (Lipinski definition) is 0. The zero-order valence-electron chi connectivity index (χ0n) is 14.7. The second-order valence-electron chi connectivity index (χ2n) is 6.31. The highest BCUT2D eigenvalue weighted by Gasteiger charge is 2.24. The molecule has 6 heteroatoms. The smallest absolute Gasteiger partial charge is 0.292 e. The van der Waals surface area contributed by atoms with Crippen molar-refractivity contribution in [3.8, 4) is 0 Å². The van der Waals surface area contributed by atoms with Crippen LogP contribution in [-0.4, -0.2) is 41.9 Å². The Morgan fingerprint density at radius 1 is 1.08 bits per heavy atom. The Bertz CT molecular complexity index is 840. The summed E-state index contributed by atoms with van der Waals surface area (Å²) in [5.74, 6) is -0.0336. The number of para-hydroxylation sites is 2. The molecule has 1 amide bonds. The summed E-state index contributed by atoms with van der Waals surface area (Å²) < 4.78 is 0. The van der Waals surface area contributed by atoms with Crippen LogP contribution in [0.5, 0.6) is 0 Å². The van der Waals surface area contributed by atoms with Crippen molar-refractivity contribution >= 4 is 23.4 Å². The van der Waals surface area contributed by atoms with Crippen molar-refractivity contribution in [2.45, 2.75) is 6.92 Å². The predicted molar refractivity (Wildman–Crippen MR) is 102 cm³/mol. The highest BCUT2D eigenvalue weighted by molar-refractivity contribution is 5.92. The Balaban J connectivity index is 1.62. The molecule has 0 aromatic heterocycles. The molecule has 1 aliphatic rings. The lowest BCUT2D eigenvalue weighted by Gasteiger charge is -2.35. The van der Waals surface area contributed by atoms with Crippen LogP contribution >= 0.6 is 0 Å². The summed E-state index contributed by atoms with van der Waals surface area (Å²) in [6, 6.07) is 14.7. The molecule has 0 aliphatic carbocycles. The molecule has 1 fully saturated rings. The summed E-state index contributed by atoms with van der Waals surface area (Å²) in [5, 5.41) is 11.2. The Labute approximate surface area is 152 Å². The van der Waals surface area contributed by atoms with Crippen LogP contribution < -0.4 is 4.90 Å². The van der Waals surface area contributed by atoms with Crippen molar-refractivity contribution in [3.05, 3.63) is 75.8 Å². The summed E-state index contributed by atoms with van der Waals surface area (Å²) >= 11 is 0. The molecule has 2 aromatic carbocycles. The van der Waals surface area contributed by atoms with Gasteiger partial charge in [-0.05, 0) is 24.6 Å². The Hall–Kier alpha value is -3.15. The second kappa shape index (κ2) is 7.82. The number of piperazine rings is 1. The Kier molecular flexibility index (Phi) is 5.31. The number of benzene rings is 2. The molecule has 3 rings (SSSR count). The van der Waals surface area contributed by atoms with Gasteiger partial charge in [0.2, 0.25) is 5.91 Å². The van der Waals surface area contributed by atoms with E-state index in [1.807, 2.05) is 42.2 Å². The molecule has 0 bridgehead atoms. The first-order valence-corrected chi connectivity index (χ1v) is 8.56. The zero-order chi connectivity index (χ0) is 18.5. The topological polar surface area (TPSA) is 66.7 Å². The summed E-state index contributed by atoms with van der Waals surface area (Å²) in [6.45, 7) is 4.26. The van der Waals surface area contributed by atoms with E-state index in [1.165, 1.54) is 6.07 Å².